The van der Waals surface area contributed by atoms with E-state index < -0.39 is 35.8 Å². The maximum atomic E-state index is 14.2. The largest absolute Gasteiger partial charge is 0.454 e. The van der Waals surface area contributed by atoms with Crippen LogP contribution in [-0.4, -0.2) is 23.5 Å². The van der Waals surface area contributed by atoms with Crippen LogP contribution in [0.2, 0.25) is 5.02 Å². The Kier molecular flexibility index (Phi) is 5.51. The summed E-state index contributed by atoms with van der Waals surface area (Å²) in [4.78, 5) is 24.5. The van der Waals surface area contributed by atoms with Crippen LogP contribution in [0.4, 0.5) is 13.2 Å². The summed E-state index contributed by atoms with van der Waals surface area (Å²) in [6, 6.07) is 6.46. The van der Waals surface area contributed by atoms with Crippen LogP contribution in [0.25, 0.3) is 11.3 Å². The monoisotopic (exact) mass is 409 g/mol. The number of aryl methyl sites for hydroxylation is 1. The highest BCUT2D eigenvalue weighted by atomic mass is 35.5. The van der Waals surface area contributed by atoms with Gasteiger partial charge in [-0.05, 0) is 37.3 Å². The smallest absolute Gasteiger partial charge is 0.344 e. The van der Waals surface area contributed by atoms with E-state index in [1.165, 1.54) is 19.1 Å². The second-order valence-electron chi connectivity index (χ2n) is 5.69. The van der Waals surface area contributed by atoms with E-state index >= 15 is 0 Å². The molecule has 3 rings (SSSR count). The lowest BCUT2D eigenvalue weighted by Crippen LogP contribution is -2.15. The van der Waals surface area contributed by atoms with Gasteiger partial charge in [-0.1, -0.05) is 22.8 Å². The summed E-state index contributed by atoms with van der Waals surface area (Å²) in [5.74, 6) is -4.79. The topological polar surface area (TPSA) is 69.4 Å². The van der Waals surface area contributed by atoms with E-state index in [0.717, 1.165) is 18.2 Å². The molecule has 0 fully saturated rings. The molecule has 1 aromatic heterocycles. The molecule has 3 aromatic rings. The van der Waals surface area contributed by atoms with Gasteiger partial charge in [-0.2, -0.15) is 0 Å². The Balaban J connectivity index is 1.83. The molecule has 0 saturated heterocycles. The van der Waals surface area contributed by atoms with Gasteiger partial charge < -0.3 is 9.26 Å². The first-order valence-electron chi connectivity index (χ1n) is 7.85. The number of esters is 1. The summed E-state index contributed by atoms with van der Waals surface area (Å²) < 4.78 is 50.2. The van der Waals surface area contributed by atoms with Gasteiger partial charge in [0.1, 0.15) is 22.8 Å². The number of nitrogens with zero attached hydrogens (tertiary/aromatic N) is 1. The molecule has 0 unspecified atom stereocenters. The highest BCUT2D eigenvalue weighted by molar-refractivity contribution is 6.33. The maximum absolute atomic E-state index is 14.2. The predicted molar refractivity (Wildman–Crippen MR) is 92.6 cm³/mol. The van der Waals surface area contributed by atoms with Crippen LogP contribution in [0.15, 0.2) is 40.9 Å². The Morgan fingerprint density at radius 2 is 1.86 bits per heavy atom. The summed E-state index contributed by atoms with van der Waals surface area (Å²) in [7, 11) is 0. The molecule has 0 radical (unpaired) electrons. The Hall–Kier alpha value is -3.13. The van der Waals surface area contributed by atoms with Gasteiger partial charge in [0.15, 0.2) is 24.0 Å². The first-order chi connectivity index (χ1) is 13.3. The quantitative estimate of drug-likeness (QED) is 0.449. The molecular weight excluding hydrogens is 399 g/mol. The number of halogens is 4. The summed E-state index contributed by atoms with van der Waals surface area (Å²) in [5, 5.41) is 3.66. The summed E-state index contributed by atoms with van der Waals surface area (Å²) in [6.45, 7) is 0.651. The average Bonchev–Trinajstić information content (AvgIpc) is 3.03. The van der Waals surface area contributed by atoms with Crippen molar-refractivity contribution in [1.29, 1.82) is 0 Å². The van der Waals surface area contributed by atoms with Crippen LogP contribution in [-0.2, 0) is 4.74 Å². The molecule has 5 nitrogen and oxygen atoms in total. The van der Waals surface area contributed by atoms with Crippen molar-refractivity contribution in [2.45, 2.75) is 6.92 Å². The second kappa shape index (κ2) is 7.85. The molecule has 144 valence electrons. The number of carbonyl (C=O) groups excluding carboxylic acids is 2. The number of ketones is 1. The van der Waals surface area contributed by atoms with Crippen molar-refractivity contribution in [3.63, 3.8) is 0 Å². The fraction of sp³-hybridized carbons (Fsp3) is 0.105. The van der Waals surface area contributed by atoms with Crippen LogP contribution in [0, 0.1) is 24.4 Å². The zero-order valence-corrected chi connectivity index (χ0v) is 15.0. The van der Waals surface area contributed by atoms with Crippen LogP contribution >= 0.6 is 11.6 Å². The van der Waals surface area contributed by atoms with Crippen molar-refractivity contribution in [1.82, 2.24) is 5.16 Å². The van der Waals surface area contributed by atoms with Crippen molar-refractivity contribution in [3.8, 4) is 11.3 Å². The van der Waals surface area contributed by atoms with Gasteiger partial charge in [0.25, 0.3) is 0 Å². The minimum absolute atomic E-state index is 0.000198. The standard InChI is InChI=1S/C19H11ClF3NO4/c1-9-16(18(24-28-9)17-11(20)3-2-4-13(17)22)19(26)27-8-15(25)10-5-6-12(21)14(23)7-10/h2-7H,8H2,1H3. The summed E-state index contributed by atoms with van der Waals surface area (Å²) >= 11 is 5.99. The van der Waals surface area contributed by atoms with E-state index in [1.54, 1.807) is 0 Å². The van der Waals surface area contributed by atoms with Crippen LogP contribution < -0.4 is 0 Å². The molecule has 0 aliphatic heterocycles. The van der Waals surface area contributed by atoms with E-state index in [4.69, 9.17) is 20.9 Å². The fourth-order valence-corrected chi connectivity index (χ4v) is 2.72. The second-order valence-corrected chi connectivity index (χ2v) is 6.09. The SMILES string of the molecule is Cc1onc(-c2c(F)cccc2Cl)c1C(=O)OCC(=O)c1ccc(F)c(F)c1. The number of Topliss-reactive ketones (excluding diaryl/α,β-unsaturated/α-hetero) is 1. The van der Waals surface area contributed by atoms with Crippen LogP contribution in [0.5, 0.6) is 0 Å². The van der Waals surface area contributed by atoms with Gasteiger partial charge in [-0.25, -0.2) is 18.0 Å². The number of ether oxygens (including phenoxy) is 1. The lowest BCUT2D eigenvalue weighted by atomic mass is 10.1. The Morgan fingerprint density at radius 3 is 2.54 bits per heavy atom. The number of rotatable bonds is 5. The third kappa shape index (κ3) is 3.77. The van der Waals surface area contributed by atoms with Crippen LogP contribution in [0.1, 0.15) is 26.5 Å². The fourth-order valence-electron chi connectivity index (χ4n) is 2.46. The van der Waals surface area contributed by atoms with Gasteiger partial charge in [0.05, 0.1) is 10.6 Å². The number of hydrogen-bond donors (Lipinski definition) is 0. The van der Waals surface area contributed by atoms with Gasteiger partial charge in [-0.15, -0.1) is 0 Å². The molecule has 0 amide bonds. The van der Waals surface area contributed by atoms with Gasteiger partial charge in [0.2, 0.25) is 0 Å². The molecule has 0 atom stereocenters. The molecule has 0 N–H and O–H groups in total. The lowest BCUT2D eigenvalue weighted by molar-refractivity contribution is 0.0473. The maximum Gasteiger partial charge on any atom is 0.344 e. The molecule has 0 spiro atoms. The molecule has 0 bridgehead atoms. The first-order valence-corrected chi connectivity index (χ1v) is 8.23. The summed E-state index contributed by atoms with van der Waals surface area (Å²) in [5.41, 5.74) is -0.707. The average molecular weight is 410 g/mol. The molecule has 1 heterocycles. The van der Waals surface area contributed by atoms with Crippen molar-refractivity contribution in [2.75, 3.05) is 6.61 Å². The minimum Gasteiger partial charge on any atom is -0.454 e. The van der Waals surface area contributed by atoms with E-state index in [2.05, 4.69) is 5.16 Å². The third-order valence-electron chi connectivity index (χ3n) is 3.84. The lowest BCUT2D eigenvalue weighted by Gasteiger charge is -2.07. The molecule has 28 heavy (non-hydrogen) atoms. The Labute approximate surface area is 161 Å². The number of benzene rings is 2. The minimum atomic E-state index is -1.21. The van der Waals surface area contributed by atoms with E-state index in [0.29, 0.717) is 6.07 Å². The molecule has 0 aliphatic rings. The van der Waals surface area contributed by atoms with Crippen molar-refractivity contribution >= 4 is 23.4 Å². The third-order valence-corrected chi connectivity index (χ3v) is 4.16. The van der Waals surface area contributed by atoms with E-state index in [9.17, 15) is 22.8 Å². The highest BCUT2D eigenvalue weighted by Crippen LogP contribution is 2.33. The zero-order valence-electron chi connectivity index (χ0n) is 14.3. The van der Waals surface area contributed by atoms with E-state index in [-0.39, 0.29) is 33.2 Å². The normalized spacial score (nSPS) is 10.8. The van der Waals surface area contributed by atoms with Gasteiger partial charge >= 0.3 is 5.97 Å². The summed E-state index contributed by atoms with van der Waals surface area (Å²) in [6.07, 6.45) is 0. The molecular formula is C19H11ClF3NO4. The Morgan fingerprint density at radius 1 is 1.11 bits per heavy atom. The first kappa shape index (κ1) is 19.6. The van der Waals surface area contributed by atoms with Crippen molar-refractivity contribution in [2.24, 2.45) is 0 Å². The molecule has 0 aliphatic carbocycles. The highest BCUT2D eigenvalue weighted by Gasteiger charge is 2.27. The van der Waals surface area contributed by atoms with Gasteiger partial charge in [-0.3, -0.25) is 4.79 Å². The number of aromatic nitrogens is 1. The van der Waals surface area contributed by atoms with Crippen LogP contribution in [0.3, 0.4) is 0 Å². The molecule has 2 aromatic carbocycles. The number of carbonyl (C=O) groups is 2. The van der Waals surface area contributed by atoms with Crippen molar-refractivity contribution < 1.29 is 32.0 Å². The van der Waals surface area contributed by atoms with Gasteiger partial charge in [0, 0.05) is 5.56 Å². The van der Waals surface area contributed by atoms with E-state index in [1.807, 2.05) is 0 Å². The number of hydrogen-bond acceptors (Lipinski definition) is 5. The zero-order chi connectivity index (χ0) is 20.4. The molecule has 9 heteroatoms. The predicted octanol–water partition coefficient (Wildman–Crippen LogP) is 4.76. The molecule has 0 saturated carbocycles. The Bertz CT molecular complexity index is 1060. The van der Waals surface area contributed by atoms with Crippen molar-refractivity contribution in [3.05, 3.63) is 75.8 Å².